The molecule has 0 saturated carbocycles. The Kier molecular flexibility index (Phi) is 5.67. The van der Waals surface area contributed by atoms with Gasteiger partial charge in [0, 0.05) is 16.1 Å². The first kappa shape index (κ1) is 21.0. The van der Waals surface area contributed by atoms with Gasteiger partial charge in [0.05, 0.1) is 12.1 Å². The lowest BCUT2D eigenvalue weighted by molar-refractivity contribution is -0.708. The molecule has 0 aliphatic heterocycles. The summed E-state index contributed by atoms with van der Waals surface area (Å²) in [7, 11) is 0. The quantitative estimate of drug-likeness (QED) is 0.323. The lowest BCUT2D eigenvalue weighted by atomic mass is 10.1. The van der Waals surface area contributed by atoms with Crippen LogP contribution in [0.15, 0.2) is 113 Å². The maximum Gasteiger partial charge on any atom is 0.349 e. The van der Waals surface area contributed by atoms with Gasteiger partial charge in [0.15, 0.2) is 0 Å². The molecule has 33 heavy (non-hydrogen) atoms. The number of hydrogen-bond acceptors (Lipinski definition) is 3. The molecule has 5 aromatic rings. The summed E-state index contributed by atoms with van der Waals surface area (Å²) in [5, 5.41) is 13.6. The van der Waals surface area contributed by atoms with Crippen molar-refractivity contribution >= 4 is 21.6 Å². The van der Waals surface area contributed by atoms with Gasteiger partial charge >= 0.3 is 5.56 Å². The normalized spacial score (nSPS) is 10.9. The Morgan fingerprint density at radius 2 is 1.55 bits per heavy atom. The smallest absolute Gasteiger partial charge is 0.349 e. The minimum Gasteiger partial charge on any atom is -0.842 e. The number of hydrogen-bond donors (Lipinski definition) is 0. The van der Waals surface area contributed by atoms with Crippen molar-refractivity contribution in [2.24, 2.45) is 0 Å². The maximum absolute atomic E-state index is 13.6. The SMILES string of the molecule is O=c1c(-c2ccccc2)c([O-])[n+](Cc2ccccc2Oc2ccc(Br)cc2)c2ccccn12. The highest BCUT2D eigenvalue weighted by molar-refractivity contribution is 9.10. The number of benzene rings is 3. The number of nitrogens with zero attached hydrogens (tertiary/aromatic N) is 2. The second-order valence-electron chi connectivity index (χ2n) is 7.53. The van der Waals surface area contributed by atoms with Crippen molar-refractivity contribution in [1.29, 1.82) is 0 Å². The third kappa shape index (κ3) is 4.13. The number of aromatic nitrogens is 2. The van der Waals surface area contributed by atoms with Gasteiger partial charge in [-0.25, -0.2) is 9.36 Å². The van der Waals surface area contributed by atoms with Crippen LogP contribution in [0.4, 0.5) is 0 Å². The van der Waals surface area contributed by atoms with Crippen LogP contribution in [0.5, 0.6) is 17.4 Å². The van der Waals surface area contributed by atoms with E-state index < -0.39 is 0 Å². The topological polar surface area (TPSA) is 57.6 Å². The summed E-state index contributed by atoms with van der Waals surface area (Å²) in [6.45, 7) is 0.249. The third-order valence-corrected chi connectivity index (χ3v) is 5.94. The van der Waals surface area contributed by atoms with Gasteiger partial charge in [-0.15, -0.1) is 0 Å². The average molecular weight is 499 g/mol. The van der Waals surface area contributed by atoms with Crippen LogP contribution < -0.4 is 20.0 Å². The highest BCUT2D eigenvalue weighted by Crippen LogP contribution is 2.27. The van der Waals surface area contributed by atoms with Gasteiger partial charge in [-0.3, -0.25) is 0 Å². The molecule has 5 nitrogen and oxygen atoms in total. The molecule has 6 heteroatoms. The fourth-order valence-corrected chi connectivity index (χ4v) is 4.08. The minimum atomic E-state index is -0.337. The summed E-state index contributed by atoms with van der Waals surface area (Å²) >= 11 is 3.43. The fraction of sp³-hybridized carbons (Fsp3) is 0.0370. The molecular formula is C27H19BrN2O3. The Labute approximate surface area is 198 Å². The molecule has 5 rings (SSSR count). The molecule has 0 amide bonds. The zero-order valence-electron chi connectivity index (χ0n) is 17.5. The van der Waals surface area contributed by atoms with Gasteiger partial charge in [-0.05, 0) is 42.0 Å². The number of fused-ring (bicyclic) bond motifs is 1. The van der Waals surface area contributed by atoms with Gasteiger partial charge in [-0.2, -0.15) is 4.40 Å². The first-order valence-electron chi connectivity index (χ1n) is 10.4. The van der Waals surface area contributed by atoms with E-state index >= 15 is 0 Å². The van der Waals surface area contributed by atoms with E-state index in [1.165, 1.54) is 4.40 Å². The summed E-state index contributed by atoms with van der Waals surface area (Å²) in [5.41, 5.74) is 1.75. The van der Waals surface area contributed by atoms with E-state index in [9.17, 15) is 9.90 Å². The zero-order chi connectivity index (χ0) is 22.8. The summed E-state index contributed by atoms with van der Waals surface area (Å²) in [4.78, 5) is 13.2. The van der Waals surface area contributed by atoms with E-state index in [0.717, 1.165) is 10.0 Å². The van der Waals surface area contributed by atoms with Crippen LogP contribution in [0.1, 0.15) is 5.56 Å². The maximum atomic E-state index is 13.6. The minimum absolute atomic E-state index is 0.144. The van der Waals surface area contributed by atoms with Gasteiger partial charge < -0.3 is 9.84 Å². The molecule has 0 radical (unpaired) electrons. The predicted molar refractivity (Wildman–Crippen MR) is 129 cm³/mol. The van der Waals surface area contributed by atoms with E-state index in [-0.39, 0.29) is 23.5 Å². The standard InChI is InChI=1S/C27H19BrN2O3/c28-21-13-15-22(16-14-21)33-23-11-5-4-10-20(23)18-30-24-12-6-7-17-29(24)26(31)25(27(30)32)19-8-2-1-3-9-19/h1-17H,18H2. The Hall–Kier alpha value is -3.90. The van der Waals surface area contributed by atoms with Gasteiger partial charge in [0.2, 0.25) is 0 Å². The van der Waals surface area contributed by atoms with Crippen LogP contribution in [-0.2, 0) is 6.54 Å². The largest absolute Gasteiger partial charge is 0.842 e. The summed E-state index contributed by atoms with van der Waals surface area (Å²) in [6.07, 6.45) is 1.68. The molecular weight excluding hydrogens is 480 g/mol. The highest BCUT2D eigenvalue weighted by atomic mass is 79.9. The molecule has 0 unspecified atom stereocenters. The van der Waals surface area contributed by atoms with Gasteiger partial charge in [0.25, 0.3) is 5.65 Å². The second kappa shape index (κ2) is 8.92. The summed E-state index contributed by atoms with van der Waals surface area (Å²) in [5.74, 6) is 1.00. The molecule has 3 aromatic carbocycles. The molecule has 0 aliphatic carbocycles. The van der Waals surface area contributed by atoms with Crippen molar-refractivity contribution in [3.05, 3.63) is 124 Å². The molecule has 2 heterocycles. The van der Waals surface area contributed by atoms with Gasteiger partial charge in [0.1, 0.15) is 23.6 Å². The van der Waals surface area contributed by atoms with E-state index in [4.69, 9.17) is 4.74 Å². The van der Waals surface area contributed by atoms with Crippen molar-refractivity contribution < 1.29 is 14.4 Å². The summed E-state index contributed by atoms with van der Waals surface area (Å²) < 4.78 is 10.2. The second-order valence-corrected chi connectivity index (χ2v) is 8.45. The lowest BCUT2D eigenvalue weighted by Gasteiger charge is -2.18. The molecule has 2 aromatic heterocycles. The zero-order valence-corrected chi connectivity index (χ0v) is 19.1. The van der Waals surface area contributed by atoms with E-state index in [2.05, 4.69) is 15.9 Å². The van der Waals surface area contributed by atoms with Crippen molar-refractivity contribution in [2.45, 2.75) is 6.54 Å². The van der Waals surface area contributed by atoms with E-state index in [0.29, 0.717) is 22.7 Å². The lowest BCUT2D eigenvalue weighted by Crippen LogP contribution is -2.44. The Bertz CT molecular complexity index is 1500. The third-order valence-electron chi connectivity index (χ3n) is 5.41. The molecule has 0 fully saturated rings. The summed E-state index contributed by atoms with van der Waals surface area (Å²) in [6, 6.07) is 29.6. The van der Waals surface area contributed by atoms with Crippen LogP contribution in [0.2, 0.25) is 0 Å². The highest BCUT2D eigenvalue weighted by Gasteiger charge is 2.21. The number of pyridine rings is 1. The number of halogens is 1. The molecule has 0 N–H and O–H groups in total. The van der Waals surface area contributed by atoms with Crippen molar-refractivity contribution in [1.82, 2.24) is 4.40 Å². The van der Waals surface area contributed by atoms with E-state index in [1.54, 1.807) is 35.0 Å². The monoisotopic (exact) mass is 498 g/mol. The van der Waals surface area contributed by atoms with Crippen LogP contribution in [-0.4, -0.2) is 4.40 Å². The van der Waals surface area contributed by atoms with Gasteiger partial charge in [-0.1, -0.05) is 70.5 Å². The Balaban J connectivity index is 1.65. The molecule has 0 saturated heterocycles. The molecule has 0 atom stereocenters. The predicted octanol–water partition coefficient (Wildman–Crippen LogP) is 4.93. The molecule has 162 valence electrons. The van der Waals surface area contributed by atoms with E-state index in [1.807, 2.05) is 72.8 Å². The van der Waals surface area contributed by atoms with Crippen molar-refractivity contribution in [3.63, 3.8) is 0 Å². The Morgan fingerprint density at radius 3 is 2.33 bits per heavy atom. The van der Waals surface area contributed by atoms with Crippen molar-refractivity contribution in [3.8, 4) is 28.5 Å². The first-order chi connectivity index (χ1) is 16.1. The van der Waals surface area contributed by atoms with Crippen LogP contribution >= 0.6 is 15.9 Å². The fourth-order valence-electron chi connectivity index (χ4n) is 3.82. The molecule has 0 aliphatic rings. The number of ether oxygens (including phenoxy) is 1. The first-order valence-corrected chi connectivity index (χ1v) is 11.2. The van der Waals surface area contributed by atoms with Crippen LogP contribution in [0.3, 0.4) is 0 Å². The van der Waals surface area contributed by atoms with Crippen molar-refractivity contribution in [2.75, 3.05) is 0 Å². The van der Waals surface area contributed by atoms with Crippen LogP contribution in [0, 0.1) is 0 Å². The average Bonchev–Trinajstić information content (AvgIpc) is 2.85. The Morgan fingerprint density at radius 1 is 0.848 bits per heavy atom. The number of rotatable bonds is 5. The molecule has 0 bridgehead atoms. The van der Waals surface area contributed by atoms with Crippen LogP contribution in [0.25, 0.3) is 16.8 Å². The molecule has 0 spiro atoms. The number of para-hydroxylation sites is 1.